The Kier molecular flexibility index (Phi) is 7.22. The molecule has 7 nitrogen and oxygen atoms in total. The normalized spacial score (nSPS) is 14.8. The molecular weight excluding hydrogens is 416 g/mol. The second kappa shape index (κ2) is 10.5. The predicted octanol–water partition coefficient (Wildman–Crippen LogP) is 3.57. The summed E-state index contributed by atoms with van der Waals surface area (Å²) in [5.41, 5.74) is 2.59. The molecule has 0 bridgehead atoms. The fourth-order valence-electron chi connectivity index (χ4n) is 3.86. The van der Waals surface area contributed by atoms with Crippen molar-refractivity contribution in [2.45, 2.75) is 13.0 Å². The minimum atomic E-state index is -0.467. The predicted molar refractivity (Wildman–Crippen MR) is 133 cm³/mol. The van der Waals surface area contributed by atoms with Crippen molar-refractivity contribution >= 4 is 39.6 Å². The van der Waals surface area contributed by atoms with E-state index in [1.54, 1.807) is 18.9 Å². The maximum atomic E-state index is 12.7. The number of carbonyl (C=O) groups is 2. The smallest absolute Gasteiger partial charge is 0.241 e. The quantitative estimate of drug-likeness (QED) is 0.580. The molecule has 3 aromatic carbocycles. The molecule has 2 N–H and O–H groups in total. The highest BCUT2D eigenvalue weighted by atomic mass is 16.5. The number of nitrogens with one attached hydrogen (secondary N) is 2. The summed E-state index contributed by atoms with van der Waals surface area (Å²) in [5.74, 6) is -0.322. The summed E-state index contributed by atoms with van der Waals surface area (Å²) in [7, 11) is 1.77. The van der Waals surface area contributed by atoms with Gasteiger partial charge in [-0.2, -0.15) is 0 Å². The summed E-state index contributed by atoms with van der Waals surface area (Å²) in [6.45, 7) is 5.11. The van der Waals surface area contributed by atoms with Gasteiger partial charge in [0.15, 0.2) is 0 Å². The first-order chi connectivity index (χ1) is 16.0. The third-order valence-electron chi connectivity index (χ3n) is 5.98. The molecule has 0 spiro atoms. The summed E-state index contributed by atoms with van der Waals surface area (Å²) in [6, 6.07) is 21.2. The van der Waals surface area contributed by atoms with Crippen molar-refractivity contribution in [3.05, 3.63) is 66.7 Å². The lowest BCUT2D eigenvalue weighted by molar-refractivity contribution is -0.122. The van der Waals surface area contributed by atoms with E-state index in [2.05, 4.69) is 15.5 Å². The molecule has 33 heavy (non-hydrogen) atoms. The number of fused-ring (bicyclic) bond motifs is 1. The molecule has 7 heteroatoms. The van der Waals surface area contributed by atoms with Crippen molar-refractivity contribution in [2.75, 3.05) is 55.4 Å². The lowest BCUT2D eigenvalue weighted by Gasteiger charge is -2.29. The Morgan fingerprint density at radius 1 is 0.939 bits per heavy atom. The number of anilines is 3. The van der Waals surface area contributed by atoms with Crippen LogP contribution in [0.25, 0.3) is 10.8 Å². The van der Waals surface area contributed by atoms with E-state index in [4.69, 9.17) is 4.74 Å². The number of nitrogens with zero attached hydrogens (tertiary/aromatic N) is 2. The third-order valence-corrected chi connectivity index (χ3v) is 5.98. The molecule has 1 unspecified atom stereocenters. The molecule has 172 valence electrons. The van der Waals surface area contributed by atoms with Gasteiger partial charge in [0.05, 0.1) is 25.8 Å². The standard InChI is InChI=1S/C26H30N4O3/c1-19(26(32)28-23-8-7-20-5-3-4-6-21(20)17-23)29(2)18-25(31)27-22-9-11-24(12-10-22)30-13-15-33-16-14-30/h3-12,17,19H,13-16,18H2,1-2H3,(H,27,31)(H,28,32). The van der Waals surface area contributed by atoms with Gasteiger partial charge in [-0.05, 0) is 61.1 Å². The minimum Gasteiger partial charge on any atom is -0.378 e. The number of benzene rings is 3. The Labute approximate surface area is 194 Å². The number of ether oxygens (including phenoxy) is 1. The highest BCUT2D eigenvalue weighted by Gasteiger charge is 2.20. The molecule has 1 fully saturated rings. The Morgan fingerprint density at radius 3 is 2.33 bits per heavy atom. The lowest BCUT2D eigenvalue weighted by atomic mass is 10.1. The zero-order chi connectivity index (χ0) is 23.2. The van der Waals surface area contributed by atoms with Crippen LogP contribution in [-0.2, 0) is 14.3 Å². The molecule has 4 rings (SSSR count). The first kappa shape index (κ1) is 22.8. The number of amides is 2. The summed E-state index contributed by atoms with van der Waals surface area (Å²) < 4.78 is 5.39. The van der Waals surface area contributed by atoms with E-state index >= 15 is 0 Å². The van der Waals surface area contributed by atoms with Crippen molar-refractivity contribution in [3.8, 4) is 0 Å². The topological polar surface area (TPSA) is 73.9 Å². The molecule has 0 aliphatic carbocycles. The lowest BCUT2D eigenvalue weighted by Crippen LogP contribution is -2.43. The largest absolute Gasteiger partial charge is 0.378 e. The number of likely N-dealkylation sites (N-methyl/N-ethyl adjacent to an activating group) is 1. The average molecular weight is 447 g/mol. The number of hydrogen-bond acceptors (Lipinski definition) is 5. The van der Waals surface area contributed by atoms with Gasteiger partial charge < -0.3 is 20.3 Å². The van der Waals surface area contributed by atoms with Crippen LogP contribution in [0.2, 0.25) is 0 Å². The Morgan fingerprint density at radius 2 is 1.61 bits per heavy atom. The van der Waals surface area contributed by atoms with E-state index in [9.17, 15) is 9.59 Å². The van der Waals surface area contributed by atoms with Gasteiger partial charge in [0, 0.05) is 30.2 Å². The molecule has 2 amide bonds. The van der Waals surface area contributed by atoms with E-state index in [0.717, 1.165) is 54.1 Å². The first-order valence-electron chi connectivity index (χ1n) is 11.2. The Bertz CT molecular complexity index is 1110. The van der Waals surface area contributed by atoms with Crippen LogP contribution in [0.4, 0.5) is 17.1 Å². The fraction of sp³-hybridized carbons (Fsp3) is 0.308. The van der Waals surface area contributed by atoms with Crippen LogP contribution in [0.15, 0.2) is 66.7 Å². The van der Waals surface area contributed by atoms with Crippen molar-refractivity contribution in [3.63, 3.8) is 0 Å². The van der Waals surface area contributed by atoms with Crippen LogP contribution in [0.5, 0.6) is 0 Å². The average Bonchev–Trinajstić information content (AvgIpc) is 2.84. The van der Waals surface area contributed by atoms with Crippen LogP contribution < -0.4 is 15.5 Å². The van der Waals surface area contributed by atoms with Crippen LogP contribution in [0, 0.1) is 0 Å². The number of hydrogen-bond donors (Lipinski definition) is 2. The summed E-state index contributed by atoms with van der Waals surface area (Å²) in [6.07, 6.45) is 0. The molecule has 0 radical (unpaired) electrons. The van der Waals surface area contributed by atoms with Crippen LogP contribution in [0.3, 0.4) is 0 Å². The second-order valence-electron chi connectivity index (χ2n) is 8.34. The number of rotatable bonds is 7. The Hall–Kier alpha value is -3.42. The monoisotopic (exact) mass is 446 g/mol. The molecule has 3 aromatic rings. The van der Waals surface area contributed by atoms with Crippen molar-refractivity contribution < 1.29 is 14.3 Å². The third kappa shape index (κ3) is 5.88. The van der Waals surface area contributed by atoms with E-state index in [-0.39, 0.29) is 18.4 Å². The summed E-state index contributed by atoms with van der Waals surface area (Å²) in [4.78, 5) is 29.2. The fourth-order valence-corrected chi connectivity index (χ4v) is 3.86. The van der Waals surface area contributed by atoms with E-state index in [1.807, 2.05) is 66.7 Å². The van der Waals surface area contributed by atoms with Gasteiger partial charge >= 0.3 is 0 Å². The maximum Gasteiger partial charge on any atom is 0.241 e. The van der Waals surface area contributed by atoms with Crippen molar-refractivity contribution in [2.24, 2.45) is 0 Å². The van der Waals surface area contributed by atoms with Crippen LogP contribution >= 0.6 is 0 Å². The van der Waals surface area contributed by atoms with E-state index in [1.165, 1.54) is 0 Å². The maximum absolute atomic E-state index is 12.7. The first-order valence-corrected chi connectivity index (χ1v) is 11.2. The van der Waals surface area contributed by atoms with Gasteiger partial charge in [-0.15, -0.1) is 0 Å². The SMILES string of the molecule is CC(C(=O)Nc1ccc2ccccc2c1)N(C)CC(=O)Nc1ccc(N2CCOCC2)cc1. The van der Waals surface area contributed by atoms with Crippen molar-refractivity contribution in [1.82, 2.24) is 4.90 Å². The van der Waals surface area contributed by atoms with Gasteiger partial charge in [0.1, 0.15) is 0 Å². The zero-order valence-corrected chi connectivity index (χ0v) is 19.1. The summed E-state index contributed by atoms with van der Waals surface area (Å²) in [5, 5.41) is 8.05. The molecule has 0 aromatic heterocycles. The second-order valence-corrected chi connectivity index (χ2v) is 8.34. The van der Waals surface area contributed by atoms with Crippen LogP contribution in [0.1, 0.15) is 6.92 Å². The summed E-state index contributed by atoms with van der Waals surface area (Å²) >= 11 is 0. The molecule has 1 aliphatic heterocycles. The molecule has 0 saturated carbocycles. The van der Waals surface area contributed by atoms with E-state index in [0.29, 0.717) is 0 Å². The minimum absolute atomic E-state index is 0.109. The highest BCUT2D eigenvalue weighted by molar-refractivity contribution is 5.98. The van der Waals surface area contributed by atoms with Gasteiger partial charge in [0.2, 0.25) is 11.8 Å². The highest BCUT2D eigenvalue weighted by Crippen LogP contribution is 2.20. The van der Waals surface area contributed by atoms with Crippen molar-refractivity contribution in [1.29, 1.82) is 0 Å². The van der Waals surface area contributed by atoms with Crippen LogP contribution in [-0.4, -0.2) is 62.7 Å². The molecule has 1 aliphatic rings. The number of morpholine rings is 1. The van der Waals surface area contributed by atoms with Gasteiger partial charge in [-0.3, -0.25) is 14.5 Å². The van der Waals surface area contributed by atoms with E-state index < -0.39 is 6.04 Å². The van der Waals surface area contributed by atoms with Gasteiger partial charge in [-0.1, -0.05) is 30.3 Å². The zero-order valence-electron chi connectivity index (χ0n) is 19.1. The molecular formula is C26H30N4O3. The molecule has 1 heterocycles. The van der Waals surface area contributed by atoms with Gasteiger partial charge in [-0.25, -0.2) is 0 Å². The van der Waals surface area contributed by atoms with Gasteiger partial charge in [0.25, 0.3) is 0 Å². The molecule has 1 atom stereocenters. The number of carbonyl (C=O) groups excluding carboxylic acids is 2. The Balaban J connectivity index is 1.28. The molecule has 1 saturated heterocycles.